The molecule has 0 unspecified atom stereocenters. The third-order valence-electron chi connectivity index (χ3n) is 1.88. The van der Waals surface area contributed by atoms with Crippen molar-refractivity contribution in [3.8, 4) is 0 Å². The van der Waals surface area contributed by atoms with Crippen LogP contribution in [0, 0.1) is 0 Å². The van der Waals surface area contributed by atoms with Crippen LogP contribution in [0.1, 0.15) is 26.3 Å². The van der Waals surface area contributed by atoms with E-state index >= 15 is 0 Å². The number of benzene rings is 1. The van der Waals surface area contributed by atoms with Gasteiger partial charge in [-0.1, -0.05) is 6.07 Å². The lowest BCUT2D eigenvalue weighted by Crippen LogP contribution is -2.03. The van der Waals surface area contributed by atoms with Crippen molar-refractivity contribution < 1.29 is 14.7 Å². The van der Waals surface area contributed by atoms with Crippen LogP contribution in [0.15, 0.2) is 23.2 Å². The van der Waals surface area contributed by atoms with Gasteiger partial charge in [0.15, 0.2) is 0 Å². The number of aromatic carboxylic acids is 1. The van der Waals surface area contributed by atoms with Crippen molar-refractivity contribution >= 4 is 18.1 Å². The van der Waals surface area contributed by atoms with Crippen LogP contribution in [-0.2, 0) is 0 Å². The van der Waals surface area contributed by atoms with Gasteiger partial charge >= 0.3 is 5.97 Å². The number of nitrogens with zero attached hydrogens (tertiary/aromatic N) is 1. The molecule has 1 amide bonds. The molecule has 64 valence electrons. The van der Waals surface area contributed by atoms with Crippen molar-refractivity contribution in [1.82, 2.24) is 0 Å². The molecule has 1 aliphatic heterocycles. The van der Waals surface area contributed by atoms with Crippen molar-refractivity contribution in [2.45, 2.75) is 0 Å². The quantitative estimate of drug-likeness (QED) is 0.691. The number of hydrogen-bond donors (Lipinski definition) is 1. The van der Waals surface area contributed by atoms with Crippen LogP contribution in [0.5, 0.6) is 0 Å². The van der Waals surface area contributed by atoms with Crippen LogP contribution in [0.3, 0.4) is 0 Å². The Balaban J connectivity index is 2.70. The molecular formula is C9H5NO3. The summed E-state index contributed by atoms with van der Waals surface area (Å²) in [5, 5.41) is 8.76. The van der Waals surface area contributed by atoms with Gasteiger partial charge in [-0.2, -0.15) is 0 Å². The molecule has 0 aliphatic carbocycles. The lowest BCUT2D eigenvalue weighted by atomic mass is 10.0. The van der Waals surface area contributed by atoms with Crippen LogP contribution in [0.4, 0.5) is 0 Å². The molecule has 0 radical (unpaired) electrons. The van der Waals surface area contributed by atoms with Crippen molar-refractivity contribution in [3.63, 3.8) is 0 Å². The van der Waals surface area contributed by atoms with E-state index in [1.807, 2.05) is 0 Å². The summed E-state index contributed by atoms with van der Waals surface area (Å²) in [6.45, 7) is 0. The Morgan fingerprint density at radius 3 is 2.85 bits per heavy atom. The van der Waals surface area contributed by atoms with Gasteiger partial charge in [0.1, 0.15) is 0 Å². The van der Waals surface area contributed by atoms with E-state index in [1.165, 1.54) is 18.3 Å². The Morgan fingerprint density at radius 2 is 2.15 bits per heavy atom. The molecule has 0 saturated carbocycles. The molecule has 0 saturated heterocycles. The average Bonchev–Trinajstić information content (AvgIpc) is 2.48. The van der Waals surface area contributed by atoms with Gasteiger partial charge in [-0.25, -0.2) is 9.79 Å². The maximum absolute atomic E-state index is 11.0. The van der Waals surface area contributed by atoms with Crippen LogP contribution < -0.4 is 0 Å². The van der Waals surface area contributed by atoms with Gasteiger partial charge in [-0.15, -0.1) is 0 Å². The smallest absolute Gasteiger partial charge is 0.336 e. The molecule has 1 aliphatic rings. The second-order valence-corrected chi connectivity index (χ2v) is 2.64. The number of fused-ring (bicyclic) bond motifs is 1. The van der Waals surface area contributed by atoms with Gasteiger partial charge in [0, 0.05) is 11.8 Å². The highest BCUT2D eigenvalue weighted by Gasteiger charge is 2.20. The van der Waals surface area contributed by atoms with E-state index in [0.717, 1.165) is 0 Å². The van der Waals surface area contributed by atoms with Gasteiger partial charge < -0.3 is 5.11 Å². The molecule has 1 N–H and O–H groups in total. The first-order chi connectivity index (χ1) is 6.20. The van der Waals surface area contributed by atoms with Crippen LogP contribution in [-0.4, -0.2) is 23.2 Å². The predicted octanol–water partition coefficient (Wildman–Crippen LogP) is 0.958. The molecule has 0 fully saturated rings. The zero-order chi connectivity index (χ0) is 9.42. The highest BCUT2D eigenvalue weighted by Crippen LogP contribution is 2.18. The second kappa shape index (κ2) is 2.52. The van der Waals surface area contributed by atoms with Gasteiger partial charge in [-0.05, 0) is 12.1 Å². The minimum absolute atomic E-state index is 0.118. The molecule has 0 aromatic heterocycles. The standard InChI is InChI=1S/C9H5NO3/c11-8-5-2-1-3-6(9(12)13)7(5)4-10-8/h1-4H,(H,12,13). The third-order valence-corrected chi connectivity index (χ3v) is 1.88. The van der Waals surface area contributed by atoms with E-state index in [9.17, 15) is 9.59 Å². The molecule has 1 aromatic carbocycles. The second-order valence-electron chi connectivity index (χ2n) is 2.64. The number of carboxylic acid groups (broad SMARTS) is 1. The number of aliphatic imine (C=N–C) groups is 1. The monoisotopic (exact) mass is 175 g/mol. The Hall–Kier alpha value is -1.97. The normalized spacial score (nSPS) is 13.1. The summed E-state index contributed by atoms with van der Waals surface area (Å²) in [6.07, 6.45) is 1.29. The van der Waals surface area contributed by atoms with Gasteiger partial charge in [-0.3, -0.25) is 4.79 Å². The summed E-state index contributed by atoms with van der Waals surface area (Å²) in [4.78, 5) is 25.3. The molecule has 0 bridgehead atoms. The fourth-order valence-corrected chi connectivity index (χ4v) is 1.27. The molecule has 1 aromatic rings. The van der Waals surface area contributed by atoms with Crippen LogP contribution in [0.25, 0.3) is 0 Å². The summed E-state index contributed by atoms with van der Waals surface area (Å²) in [7, 11) is 0. The Kier molecular flexibility index (Phi) is 1.48. The number of carbonyl (C=O) groups is 2. The molecule has 0 spiro atoms. The maximum atomic E-state index is 11.0. The van der Waals surface area contributed by atoms with Gasteiger partial charge in [0.25, 0.3) is 5.91 Å². The summed E-state index contributed by atoms with van der Waals surface area (Å²) in [5.41, 5.74) is 0.881. The van der Waals surface area contributed by atoms with E-state index in [2.05, 4.69) is 4.99 Å². The van der Waals surface area contributed by atoms with E-state index in [-0.39, 0.29) is 11.5 Å². The van der Waals surface area contributed by atoms with E-state index in [0.29, 0.717) is 11.1 Å². The first-order valence-corrected chi connectivity index (χ1v) is 3.65. The first kappa shape index (κ1) is 7.67. The number of carboxylic acids is 1. The van der Waals surface area contributed by atoms with Crippen molar-refractivity contribution in [3.05, 3.63) is 34.9 Å². The molecular weight excluding hydrogens is 170 g/mol. The molecule has 0 atom stereocenters. The highest BCUT2D eigenvalue weighted by molar-refractivity contribution is 6.16. The predicted molar refractivity (Wildman–Crippen MR) is 45.3 cm³/mol. The van der Waals surface area contributed by atoms with Crippen molar-refractivity contribution in [2.24, 2.45) is 4.99 Å². The average molecular weight is 175 g/mol. The molecule has 2 rings (SSSR count). The Bertz CT molecular complexity index is 434. The zero-order valence-electron chi connectivity index (χ0n) is 6.52. The van der Waals surface area contributed by atoms with E-state index in [4.69, 9.17) is 5.11 Å². The molecule has 4 nitrogen and oxygen atoms in total. The highest BCUT2D eigenvalue weighted by atomic mass is 16.4. The third kappa shape index (κ3) is 1.03. The number of rotatable bonds is 1. The fraction of sp³-hybridized carbons (Fsp3) is 0. The number of hydrogen-bond acceptors (Lipinski definition) is 2. The maximum Gasteiger partial charge on any atom is 0.336 e. The van der Waals surface area contributed by atoms with E-state index in [1.54, 1.807) is 6.07 Å². The fourth-order valence-electron chi connectivity index (χ4n) is 1.27. The Morgan fingerprint density at radius 1 is 1.38 bits per heavy atom. The van der Waals surface area contributed by atoms with Gasteiger partial charge in [0.2, 0.25) is 0 Å². The molecule has 13 heavy (non-hydrogen) atoms. The largest absolute Gasteiger partial charge is 0.478 e. The first-order valence-electron chi connectivity index (χ1n) is 3.65. The minimum atomic E-state index is -1.04. The summed E-state index contributed by atoms with van der Waals surface area (Å²) >= 11 is 0. The zero-order valence-corrected chi connectivity index (χ0v) is 6.52. The Labute approximate surface area is 73.5 Å². The number of amides is 1. The minimum Gasteiger partial charge on any atom is -0.478 e. The SMILES string of the molecule is O=C(O)c1cccc2c1C=NC2=O. The van der Waals surface area contributed by atoms with Crippen LogP contribution >= 0.6 is 0 Å². The molecule has 4 heteroatoms. The van der Waals surface area contributed by atoms with Crippen molar-refractivity contribution in [2.75, 3.05) is 0 Å². The lowest BCUT2D eigenvalue weighted by Gasteiger charge is -1.99. The summed E-state index contributed by atoms with van der Waals surface area (Å²) in [6, 6.07) is 4.55. The topological polar surface area (TPSA) is 66.7 Å². The lowest BCUT2D eigenvalue weighted by molar-refractivity contribution is 0.0697. The molecule has 1 heterocycles. The summed E-state index contributed by atoms with van der Waals surface area (Å²) in [5.74, 6) is -1.42. The summed E-state index contributed by atoms with van der Waals surface area (Å²) < 4.78 is 0. The van der Waals surface area contributed by atoms with E-state index < -0.39 is 5.97 Å². The van der Waals surface area contributed by atoms with Crippen molar-refractivity contribution in [1.29, 1.82) is 0 Å². The van der Waals surface area contributed by atoms with Crippen LogP contribution in [0.2, 0.25) is 0 Å². The van der Waals surface area contributed by atoms with Gasteiger partial charge in [0.05, 0.1) is 11.1 Å². The number of carbonyl (C=O) groups excluding carboxylic acids is 1.